The van der Waals surface area contributed by atoms with E-state index in [-0.39, 0.29) is 12.0 Å². The molecule has 0 saturated carbocycles. The third-order valence-corrected chi connectivity index (χ3v) is 2.21. The summed E-state index contributed by atoms with van der Waals surface area (Å²) in [5.74, 6) is -0.766. The highest BCUT2D eigenvalue weighted by atomic mass is 16.4. The average molecular weight is 186 g/mol. The minimum Gasteiger partial charge on any atom is -0.478 e. The van der Waals surface area contributed by atoms with Crippen molar-refractivity contribution in [2.24, 2.45) is 5.92 Å². The summed E-state index contributed by atoms with van der Waals surface area (Å²) < 4.78 is 0. The zero-order valence-corrected chi connectivity index (χ0v) is 8.45. The van der Waals surface area contributed by atoms with Crippen LogP contribution in [0.2, 0.25) is 0 Å². The zero-order chi connectivity index (χ0) is 10.4. The number of hydrogen-bond acceptors (Lipinski definition) is 2. The number of hydrogen-bond donors (Lipinski definition) is 2. The molecule has 2 unspecified atom stereocenters. The molecule has 3 nitrogen and oxygen atoms in total. The van der Waals surface area contributed by atoms with Crippen LogP contribution in [-0.2, 0) is 4.79 Å². The summed E-state index contributed by atoms with van der Waals surface area (Å²) in [5, 5.41) is 18.0. The van der Waals surface area contributed by atoms with Gasteiger partial charge in [-0.2, -0.15) is 0 Å². The van der Waals surface area contributed by atoms with Gasteiger partial charge in [0, 0.05) is 5.57 Å². The fourth-order valence-electron chi connectivity index (χ4n) is 1.01. The fraction of sp³-hybridized carbons (Fsp3) is 0.700. The summed E-state index contributed by atoms with van der Waals surface area (Å²) in [6, 6.07) is 0. The molecule has 0 fully saturated rings. The molecular weight excluding hydrogens is 168 g/mol. The predicted octanol–water partition coefficient (Wildman–Crippen LogP) is 1.81. The SMILES string of the molecule is CCC(O)C(C)C/C=C(\C)C(=O)O. The second-order valence-electron chi connectivity index (χ2n) is 3.38. The van der Waals surface area contributed by atoms with Crippen LogP contribution in [0.15, 0.2) is 11.6 Å². The van der Waals surface area contributed by atoms with E-state index in [0.717, 1.165) is 0 Å². The lowest BCUT2D eigenvalue weighted by atomic mass is 9.98. The monoisotopic (exact) mass is 186 g/mol. The number of allylic oxidation sites excluding steroid dienone is 1. The quantitative estimate of drug-likeness (QED) is 0.644. The number of aliphatic hydroxyl groups excluding tert-OH is 1. The number of carbonyl (C=O) groups is 1. The van der Waals surface area contributed by atoms with Gasteiger partial charge < -0.3 is 10.2 Å². The molecule has 0 aliphatic carbocycles. The van der Waals surface area contributed by atoms with E-state index in [1.807, 2.05) is 13.8 Å². The van der Waals surface area contributed by atoms with Crippen molar-refractivity contribution in [3.63, 3.8) is 0 Å². The third kappa shape index (κ3) is 4.68. The summed E-state index contributed by atoms with van der Waals surface area (Å²) >= 11 is 0. The van der Waals surface area contributed by atoms with Crippen LogP contribution in [0.4, 0.5) is 0 Å². The van der Waals surface area contributed by atoms with Crippen molar-refractivity contribution >= 4 is 5.97 Å². The van der Waals surface area contributed by atoms with E-state index in [0.29, 0.717) is 18.4 Å². The van der Waals surface area contributed by atoms with Gasteiger partial charge >= 0.3 is 5.97 Å². The Hall–Kier alpha value is -0.830. The maximum atomic E-state index is 10.4. The van der Waals surface area contributed by atoms with Gasteiger partial charge in [-0.25, -0.2) is 4.79 Å². The molecule has 3 heteroatoms. The van der Waals surface area contributed by atoms with E-state index in [1.165, 1.54) is 0 Å². The normalized spacial score (nSPS) is 16.8. The lowest BCUT2D eigenvalue weighted by Gasteiger charge is -2.14. The molecule has 0 amide bonds. The first-order chi connectivity index (χ1) is 5.99. The molecule has 76 valence electrons. The molecular formula is C10H18O3. The Morgan fingerprint density at radius 3 is 2.46 bits per heavy atom. The number of carboxylic acid groups (broad SMARTS) is 1. The second kappa shape index (κ2) is 5.75. The van der Waals surface area contributed by atoms with Crippen LogP contribution in [0.5, 0.6) is 0 Å². The molecule has 0 radical (unpaired) electrons. The highest BCUT2D eigenvalue weighted by Crippen LogP contribution is 2.12. The first-order valence-electron chi connectivity index (χ1n) is 4.57. The average Bonchev–Trinajstić information content (AvgIpc) is 2.11. The van der Waals surface area contributed by atoms with Gasteiger partial charge in [0.05, 0.1) is 6.10 Å². The Morgan fingerprint density at radius 2 is 2.08 bits per heavy atom. The molecule has 0 spiro atoms. The van der Waals surface area contributed by atoms with Gasteiger partial charge in [-0.1, -0.05) is 19.9 Å². The molecule has 2 atom stereocenters. The first kappa shape index (κ1) is 12.2. The molecule has 0 aromatic heterocycles. The van der Waals surface area contributed by atoms with Crippen molar-refractivity contribution in [3.8, 4) is 0 Å². The molecule has 0 rings (SSSR count). The van der Waals surface area contributed by atoms with Crippen LogP contribution in [-0.4, -0.2) is 22.3 Å². The molecule has 2 N–H and O–H groups in total. The highest BCUT2D eigenvalue weighted by Gasteiger charge is 2.10. The van der Waals surface area contributed by atoms with Gasteiger partial charge in [0.2, 0.25) is 0 Å². The lowest BCUT2D eigenvalue weighted by molar-refractivity contribution is -0.132. The maximum Gasteiger partial charge on any atom is 0.330 e. The summed E-state index contributed by atoms with van der Waals surface area (Å²) in [4.78, 5) is 10.4. The molecule has 0 bridgehead atoms. The highest BCUT2D eigenvalue weighted by molar-refractivity contribution is 5.85. The van der Waals surface area contributed by atoms with Crippen molar-refractivity contribution < 1.29 is 15.0 Å². The molecule has 0 aliphatic rings. The summed E-state index contributed by atoms with van der Waals surface area (Å²) in [7, 11) is 0. The smallest absolute Gasteiger partial charge is 0.330 e. The van der Waals surface area contributed by atoms with Gasteiger partial charge in [0.25, 0.3) is 0 Å². The second-order valence-corrected chi connectivity index (χ2v) is 3.38. The van der Waals surface area contributed by atoms with Gasteiger partial charge in [-0.15, -0.1) is 0 Å². The third-order valence-electron chi connectivity index (χ3n) is 2.21. The van der Waals surface area contributed by atoms with Gasteiger partial charge in [0.15, 0.2) is 0 Å². The van der Waals surface area contributed by atoms with Crippen LogP contribution in [0, 0.1) is 5.92 Å². The van der Waals surface area contributed by atoms with Crippen LogP contribution in [0.1, 0.15) is 33.6 Å². The van der Waals surface area contributed by atoms with Crippen LogP contribution < -0.4 is 0 Å². The minimum absolute atomic E-state index is 0.124. The Morgan fingerprint density at radius 1 is 1.54 bits per heavy atom. The van der Waals surface area contributed by atoms with Gasteiger partial charge in [0.1, 0.15) is 0 Å². The number of aliphatic hydroxyl groups is 1. The van der Waals surface area contributed by atoms with Crippen molar-refractivity contribution in [2.75, 3.05) is 0 Å². The molecule has 13 heavy (non-hydrogen) atoms. The molecule has 0 saturated heterocycles. The van der Waals surface area contributed by atoms with Crippen molar-refractivity contribution in [1.82, 2.24) is 0 Å². The van der Waals surface area contributed by atoms with E-state index in [1.54, 1.807) is 13.0 Å². The summed E-state index contributed by atoms with van der Waals surface area (Å²) in [6.45, 7) is 5.39. The minimum atomic E-state index is -0.891. The molecule has 0 heterocycles. The lowest BCUT2D eigenvalue weighted by Crippen LogP contribution is -2.15. The van der Waals surface area contributed by atoms with E-state index < -0.39 is 5.97 Å². The van der Waals surface area contributed by atoms with Crippen molar-refractivity contribution in [1.29, 1.82) is 0 Å². The van der Waals surface area contributed by atoms with E-state index >= 15 is 0 Å². The Kier molecular flexibility index (Phi) is 5.39. The van der Waals surface area contributed by atoms with E-state index in [2.05, 4.69) is 0 Å². The van der Waals surface area contributed by atoms with Gasteiger partial charge in [-0.05, 0) is 25.7 Å². The molecule has 0 aromatic rings. The van der Waals surface area contributed by atoms with E-state index in [9.17, 15) is 9.90 Å². The Balaban J connectivity index is 4.00. The van der Waals surface area contributed by atoms with Crippen LogP contribution >= 0.6 is 0 Å². The molecule has 0 aliphatic heterocycles. The number of rotatable bonds is 5. The van der Waals surface area contributed by atoms with Crippen LogP contribution in [0.3, 0.4) is 0 Å². The van der Waals surface area contributed by atoms with Crippen molar-refractivity contribution in [2.45, 2.75) is 39.7 Å². The maximum absolute atomic E-state index is 10.4. The summed E-state index contributed by atoms with van der Waals surface area (Å²) in [5.41, 5.74) is 0.343. The van der Waals surface area contributed by atoms with Gasteiger partial charge in [-0.3, -0.25) is 0 Å². The van der Waals surface area contributed by atoms with Crippen LogP contribution in [0.25, 0.3) is 0 Å². The number of carboxylic acids is 1. The predicted molar refractivity (Wildman–Crippen MR) is 51.5 cm³/mol. The summed E-state index contributed by atoms with van der Waals surface area (Å²) in [6.07, 6.45) is 2.65. The fourth-order valence-corrected chi connectivity index (χ4v) is 1.01. The topological polar surface area (TPSA) is 57.5 Å². The Bertz CT molecular complexity index is 196. The number of aliphatic carboxylic acids is 1. The largest absolute Gasteiger partial charge is 0.478 e. The molecule has 0 aromatic carbocycles. The standard InChI is InChI=1S/C10H18O3/c1-4-9(11)7(2)5-6-8(3)10(12)13/h6-7,9,11H,4-5H2,1-3H3,(H,12,13)/b8-6+. The van der Waals surface area contributed by atoms with E-state index in [4.69, 9.17) is 5.11 Å². The first-order valence-corrected chi connectivity index (χ1v) is 4.57. The van der Waals surface area contributed by atoms with Crippen molar-refractivity contribution in [3.05, 3.63) is 11.6 Å². The Labute approximate surface area is 79.1 Å². The zero-order valence-electron chi connectivity index (χ0n) is 8.45.